The number of nitrogens with one attached hydrogen (secondary N) is 2. The van der Waals surface area contributed by atoms with Crippen LogP contribution in [0.5, 0.6) is 0 Å². The van der Waals surface area contributed by atoms with Gasteiger partial charge in [-0.25, -0.2) is 4.98 Å². The molecule has 1 aromatic rings. The fraction of sp³-hybridized carbons (Fsp3) is 0.538. The van der Waals surface area contributed by atoms with Crippen molar-refractivity contribution < 1.29 is 4.79 Å². The highest BCUT2D eigenvalue weighted by atomic mass is 35.5. The lowest BCUT2D eigenvalue weighted by molar-refractivity contribution is -0.117. The monoisotopic (exact) mass is 282 g/mol. The molecular weight excluding hydrogens is 264 g/mol. The maximum atomic E-state index is 11.9. The molecule has 0 spiro atoms. The number of aromatic nitrogens is 1. The number of hydrogen-bond donors (Lipinski definition) is 2. The van der Waals surface area contributed by atoms with Gasteiger partial charge in [0.15, 0.2) is 5.15 Å². The summed E-state index contributed by atoms with van der Waals surface area (Å²) < 4.78 is 0. The van der Waals surface area contributed by atoms with E-state index < -0.39 is 0 Å². The second-order valence-electron chi connectivity index (χ2n) is 4.88. The SMILES string of the molecule is CN(CC(=O)Nc1cccnc1Cl)CC1CCCN1. The number of likely N-dealkylation sites (N-methyl/N-ethyl adjacent to an activating group) is 1. The van der Waals surface area contributed by atoms with Crippen LogP contribution in [-0.4, -0.2) is 48.5 Å². The summed E-state index contributed by atoms with van der Waals surface area (Å²) in [5, 5.41) is 6.50. The minimum atomic E-state index is -0.0737. The van der Waals surface area contributed by atoms with E-state index in [1.807, 2.05) is 11.9 Å². The second kappa shape index (κ2) is 6.84. The summed E-state index contributed by atoms with van der Waals surface area (Å²) in [5.74, 6) is -0.0737. The Hall–Kier alpha value is -1.17. The van der Waals surface area contributed by atoms with Crippen LogP contribution in [0.1, 0.15) is 12.8 Å². The van der Waals surface area contributed by atoms with Gasteiger partial charge in [0.05, 0.1) is 12.2 Å². The zero-order chi connectivity index (χ0) is 13.7. The van der Waals surface area contributed by atoms with E-state index in [0.717, 1.165) is 13.1 Å². The van der Waals surface area contributed by atoms with Crippen molar-refractivity contribution in [3.8, 4) is 0 Å². The Morgan fingerprint density at radius 3 is 3.21 bits per heavy atom. The zero-order valence-corrected chi connectivity index (χ0v) is 11.8. The van der Waals surface area contributed by atoms with Crippen molar-refractivity contribution in [3.63, 3.8) is 0 Å². The maximum absolute atomic E-state index is 11.9. The fourth-order valence-corrected chi connectivity index (χ4v) is 2.43. The quantitative estimate of drug-likeness (QED) is 0.801. The molecule has 1 fully saturated rings. The third-order valence-corrected chi connectivity index (χ3v) is 3.44. The van der Waals surface area contributed by atoms with Crippen molar-refractivity contribution in [3.05, 3.63) is 23.5 Å². The smallest absolute Gasteiger partial charge is 0.238 e. The highest BCUT2D eigenvalue weighted by Crippen LogP contribution is 2.17. The van der Waals surface area contributed by atoms with E-state index in [-0.39, 0.29) is 5.91 Å². The lowest BCUT2D eigenvalue weighted by atomic mass is 10.2. The van der Waals surface area contributed by atoms with Gasteiger partial charge < -0.3 is 10.6 Å². The van der Waals surface area contributed by atoms with E-state index >= 15 is 0 Å². The van der Waals surface area contributed by atoms with E-state index in [9.17, 15) is 4.79 Å². The van der Waals surface area contributed by atoms with Crippen LogP contribution in [-0.2, 0) is 4.79 Å². The number of amides is 1. The molecule has 0 saturated carbocycles. The summed E-state index contributed by atoms with van der Waals surface area (Å²) in [6.45, 7) is 2.31. The Bertz CT molecular complexity index is 434. The van der Waals surface area contributed by atoms with E-state index in [0.29, 0.717) is 23.4 Å². The number of pyridine rings is 1. The molecule has 6 heteroatoms. The standard InChI is InChI=1S/C13H19ClN4O/c1-18(8-10-4-2-6-15-10)9-12(19)17-11-5-3-7-16-13(11)14/h3,5,7,10,15H,2,4,6,8-9H2,1H3,(H,17,19). The molecule has 2 rings (SSSR count). The molecule has 1 aliphatic heterocycles. The molecule has 2 heterocycles. The minimum absolute atomic E-state index is 0.0737. The molecule has 19 heavy (non-hydrogen) atoms. The van der Waals surface area contributed by atoms with Gasteiger partial charge in [-0.05, 0) is 38.6 Å². The van der Waals surface area contributed by atoms with Gasteiger partial charge in [-0.15, -0.1) is 0 Å². The molecule has 1 unspecified atom stereocenters. The Labute approximate surface area is 118 Å². The van der Waals surface area contributed by atoms with Crippen molar-refractivity contribution in [1.29, 1.82) is 0 Å². The van der Waals surface area contributed by atoms with Gasteiger partial charge in [0, 0.05) is 18.8 Å². The molecule has 0 radical (unpaired) electrons. The molecule has 104 valence electrons. The number of carbonyl (C=O) groups excluding carboxylic acids is 1. The van der Waals surface area contributed by atoms with E-state index in [2.05, 4.69) is 15.6 Å². The van der Waals surface area contributed by atoms with Crippen molar-refractivity contribution in [2.24, 2.45) is 0 Å². The number of nitrogens with zero attached hydrogens (tertiary/aromatic N) is 2. The predicted molar refractivity (Wildman–Crippen MR) is 76.4 cm³/mol. The van der Waals surface area contributed by atoms with Crippen LogP contribution in [0.4, 0.5) is 5.69 Å². The first-order valence-corrected chi connectivity index (χ1v) is 6.85. The number of hydrogen-bond acceptors (Lipinski definition) is 4. The Morgan fingerprint density at radius 1 is 1.68 bits per heavy atom. The zero-order valence-electron chi connectivity index (χ0n) is 11.0. The van der Waals surface area contributed by atoms with E-state index in [4.69, 9.17) is 11.6 Å². The van der Waals surface area contributed by atoms with Crippen LogP contribution >= 0.6 is 11.6 Å². The summed E-state index contributed by atoms with van der Waals surface area (Å²) in [7, 11) is 1.95. The Morgan fingerprint density at radius 2 is 2.53 bits per heavy atom. The molecule has 1 saturated heterocycles. The topological polar surface area (TPSA) is 57.3 Å². The Balaban J connectivity index is 1.79. The lowest BCUT2D eigenvalue weighted by Gasteiger charge is -2.20. The van der Waals surface area contributed by atoms with Crippen molar-refractivity contribution in [2.75, 3.05) is 32.0 Å². The van der Waals surface area contributed by atoms with Gasteiger partial charge in [0.25, 0.3) is 0 Å². The molecule has 1 atom stereocenters. The minimum Gasteiger partial charge on any atom is -0.322 e. The van der Waals surface area contributed by atoms with Gasteiger partial charge in [-0.3, -0.25) is 9.69 Å². The number of anilines is 1. The molecule has 1 aliphatic rings. The van der Waals surface area contributed by atoms with Crippen LogP contribution in [0.3, 0.4) is 0 Å². The number of halogens is 1. The summed E-state index contributed by atoms with van der Waals surface area (Å²) in [4.78, 5) is 17.8. The van der Waals surface area contributed by atoms with Gasteiger partial charge in [0.2, 0.25) is 5.91 Å². The molecule has 5 nitrogen and oxygen atoms in total. The molecule has 1 aromatic heterocycles. The van der Waals surface area contributed by atoms with E-state index in [1.165, 1.54) is 12.8 Å². The highest BCUT2D eigenvalue weighted by Gasteiger charge is 2.17. The Kier molecular flexibility index (Phi) is 5.13. The first kappa shape index (κ1) is 14.2. The van der Waals surface area contributed by atoms with Gasteiger partial charge in [-0.1, -0.05) is 11.6 Å². The summed E-state index contributed by atoms with van der Waals surface area (Å²) in [6.07, 6.45) is 3.99. The fourth-order valence-electron chi connectivity index (χ4n) is 2.27. The van der Waals surface area contributed by atoms with Crippen LogP contribution < -0.4 is 10.6 Å². The highest BCUT2D eigenvalue weighted by molar-refractivity contribution is 6.32. The van der Waals surface area contributed by atoms with Gasteiger partial charge in [-0.2, -0.15) is 0 Å². The normalized spacial score (nSPS) is 18.8. The average Bonchev–Trinajstić information content (AvgIpc) is 2.84. The molecular formula is C13H19ClN4O. The molecule has 0 aromatic carbocycles. The first-order chi connectivity index (χ1) is 9.15. The average molecular weight is 283 g/mol. The maximum Gasteiger partial charge on any atom is 0.238 e. The number of carbonyl (C=O) groups is 1. The molecule has 2 N–H and O–H groups in total. The van der Waals surface area contributed by atoms with Crippen LogP contribution in [0.25, 0.3) is 0 Å². The summed E-state index contributed by atoms with van der Waals surface area (Å²) in [5.41, 5.74) is 0.557. The molecule has 0 bridgehead atoms. The molecule has 0 aliphatic carbocycles. The predicted octanol–water partition coefficient (Wildman–Crippen LogP) is 1.36. The van der Waals surface area contributed by atoms with Crippen molar-refractivity contribution >= 4 is 23.2 Å². The second-order valence-corrected chi connectivity index (χ2v) is 5.24. The molecule has 1 amide bonds. The number of rotatable bonds is 5. The van der Waals surface area contributed by atoms with Gasteiger partial charge in [0.1, 0.15) is 0 Å². The van der Waals surface area contributed by atoms with Crippen LogP contribution in [0.15, 0.2) is 18.3 Å². The van der Waals surface area contributed by atoms with E-state index in [1.54, 1.807) is 18.3 Å². The summed E-state index contributed by atoms with van der Waals surface area (Å²) >= 11 is 5.89. The third kappa shape index (κ3) is 4.45. The van der Waals surface area contributed by atoms with Crippen molar-refractivity contribution in [2.45, 2.75) is 18.9 Å². The van der Waals surface area contributed by atoms with Crippen LogP contribution in [0, 0.1) is 0 Å². The van der Waals surface area contributed by atoms with Gasteiger partial charge >= 0.3 is 0 Å². The first-order valence-electron chi connectivity index (χ1n) is 6.47. The summed E-state index contributed by atoms with van der Waals surface area (Å²) in [6, 6.07) is 3.99. The third-order valence-electron chi connectivity index (χ3n) is 3.14. The van der Waals surface area contributed by atoms with Crippen molar-refractivity contribution in [1.82, 2.24) is 15.2 Å². The largest absolute Gasteiger partial charge is 0.322 e. The van der Waals surface area contributed by atoms with Crippen LogP contribution in [0.2, 0.25) is 5.15 Å². The lowest BCUT2D eigenvalue weighted by Crippen LogP contribution is -2.39.